The molecular weight excluding hydrogens is 224 g/mol. The van der Waals surface area contributed by atoms with Gasteiger partial charge < -0.3 is 9.88 Å². The number of carbonyl (C=O) groups is 1. The van der Waals surface area contributed by atoms with Gasteiger partial charge >= 0.3 is 0 Å². The zero-order chi connectivity index (χ0) is 12.4. The summed E-state index contributed by atoms with van der Waals surface area (Å²) in [5, 5.41) is 0. The molecule has 3 rings (SSSR count). The van der Waals surface area contributed by atoms with Crippen molar-refractivity contribution in [2.45, 2.75) is 38.1 Å². The Balaban J connectivity index is 1.66. The van der Waals surface area contributed by atoms with Crippen molar-refractivity contribution in [3.63, 3.8) is 0 Å². The number of likely N-dealkylation sites (tertiary alicyclic amines) is 1. The number of hydrogen-bond acceptors (Lipinski definition) is 1. The Kier molecular flexibility index (Phi) is 3.22. The second-order valence-electron chi connectivity index (χ2n) is 5.34. The smallest absolute Gasteiger partial charge is 0.223 e. The maximum Gasteiger partial charge on any atom is 0.223 e. The largest absolute Gasteiger partial charge is 0.363 e. The first kappa shape index (κ1) is 11.6. The monoisotopic (exact) mass is 244 g/mol. The van der Waals surface area contributed by atoms with Crippen LogP contribution in [-0.2, 0) is 4.79 Å². The molecule has 1 N–H and O–H groups in total. The molecule has 96 valence electrons. The highest BCUT2D eigenvalue weighted by atomic mass is 16.2. The molecule has 1 aromatic rings. The fraction of sp³-hybridized carbons (Fsp3) is 0.533. The zero-order valence-electron chi connectivity index (χ0n) is 10.6. The van der Waals surface area contributed by atoms with E-state index in [1.54, 1.807) is 0 Å². The molecule has 1 amide bonds. The lowest BCUT2D eigenvalue weighted by atomic mass is 10.0. The second kappa shape index (κ2) is 5.01. The van der Waals surface area contributed by atoms with Crippen molar-refractivity contribution >= 4 is 5.91 Å². The summed E-state index contributed by atoms with van der Waals surface area (Å²) >= 11 is 0. The summed E-state index contributed by atoms with van der Waals surface area (Å²) in [4.78, 5) is 17.7. The van der Waals surface area contributed by atoms with Crippen LogP contribution in [0.1, 0.15) is 43.8 Å². The van der Waals surface area contributed by atoms with Gasteiger partial charge in [-0.25, -0.2) is 0 Å². The summed E-state index contributed by atoms with van der Waals surface area (Å²) in [6.45, 7) is 0.916. The van der Waals surface area contributed by atoms with Gasteiger partial charge in [0.25, 0.3) is 0 Å². The molecule has 0 saturated carbocycles. The van der Waals surface area contributed by atoms with Crippen LogP contribution in [0.15, 0.2) is 30.5 Å². The summed E-state index contributed by atoms with van der Waals surface area (Å²) in [6, 6.07) is 4.37. The zero-order valence-corrected chi connectivity index (χ0v) is 10.6. The second-order valence-corrected chi connectivity index (χ2v) is 5.34. The molecule has 0 aromatic carbocycles. The molecule has 1 saturated heterocycles. The van der Waals surface area contributed by atoms with Gasteiger partial charge in [0.1, 0.15) is 0 Å². The Morgan fingerprint density at radius 3 is 3.11 bits per heavy atom. The number of nitrogens with zero attached hydrogens (tertiary/aromatic N) is 1. The van der Waals surface area contributed by atoms with Gasteiger partial charge in [-0.05, 0) is 43.7 Å². The molecule has 2 unspecified atom stereocenters. The van der Waals surface area contributed by atoms with Gasteiger partial charge in [0.15, 0.2) is 0 Å². The van der Waals surface area contributed by atoms with E-state index in [0.717, 1.165) is 32.2 Å². The SMILES string of the molecule is O=C(CC1C=CCC1)N1CCCC1c1ccc[nH]1. The molecule has 1 aromatic heterocycles. The standard InChI is InChI=1S/C15H20N2O/c18-15(11-12-5-1-2-6-12)17-10-4-8-14(17)13-7-3-9-16-13/h1,3,5,7,9,12,14,16H,2,4,6,8,10-11H2. The van der Waals surface area contributed by atoms with Crippen molar-refractivity contribution in [2.75, 3.05) is 6.54 Å². The third kappa shape index (κ3) is 2.22. The van der Waals surface area contributed by atoms with Gasteiger partial charge in [-0.15, -0.1) is 0 Å². The maximum atomic E-state index is 12.4. The van der Waals surface area contributed by atoms with Crippen molar-refractivity contribution in [2.24, 2.45) is 5.92 Å². The van der Waals surface area contributed by atoms with Gasteiger partial charge in [0.05, 0.1) is 6.04 Å². The molecule has 3 heteroatoms. The molecule has 1 fully saturated rings. The van der Waals surface area contributed by atoms with Crippen molar-refractivity contribution in [1.29, 1.82) is 0 Å². The Bertz CT molecular complexity index is 435. The summed E-state index contributed by atoms with van der Waals surface area (Å²) in [6.07, 6.45) is 11.5. The number of H-pyrrole nitrogens is 1. The van der Waals surface area contributed by atoms with Gasteiger partial charge in [-0.3, -0.25) is 4.79 Å². The minimum Gasteiger partial charge on any atom is -0.363 e. The third-order valence-electron chi connectivity index (χ3n) is 4.10. The number of rotatable bonds is 3. The number of amides is 1. The van der Waals surface area contributed by atoms with Crippen molar-refractivity contribution in [1.82, 2.24) is 9.88 Å². The Morgan fingerprint density at radius 1 is 1.44 bits per heavy atom. The number of aromatic nitrogens is 1. The van der Waals surface area contributed by atoms with E-state index in [1.165, 1.54) is 5.69 Å². The van der Waals surface area contributed by atoms with Crippen molar-refractivity contribution < 1.29 is 4.79 Å². The van der Waals surface area contributed by atoms with E-state index in [4.69, 9.17) is 0 Å². The highest BCUT2D eigenvalue weighted by Crippen LogP contribution is 2.32. The van der Waals surface area contributed by atoms with Gasteiger partial charge in [-0.1, -0.05) is 12.2 Å². The van der Waals surface area contributed by atoms with Crippen LogP contribution in [0.3, 0.4) is 0 Å². The normalized spacial score (nSPS) is 27.0. The predicted octanol–water partition coefficient (Wildman–Crippen LogP) is 3.03. The topological polar surface area (TPSA) is 36.1 Å². The molecular formula is C15H20N2O. The molecule has 0 spiro atoms. The molecule has 1 aliphatic heterocycles. The lowest BCUT2D eigenvalue weighted by molar-refractivity contribution is -0.132. The van der Waals surface area contributed by atoms with Crippen LogP contribution in [-0.4, -0.2) is 22.3 Å². The summed E-state index contributed by atoms with van der Waals surface area (Å²) in [7, 11) is 0. The van der Waals surface area contributed by atoms with Gasteiger partial charge in [-0.2, -0.15) is 0 Å². The van der Waals surface area contributed by atoms with Crippen LogP contribution in [0.5, 0.6) is 0 Å². The lowest BCUT2D eigenvalue weighted by Gasteiger charge is -2.25. The molecule has 2 atom stereocenters. The molecule has 0 radical (unpaired) electrons. The maximum absolute atomic E-state index is 12.4. The van der Waals surface area contributed by atoms with Gasteiger partial charge in [0, 0.05) is 24.9 Å². The number of carbonyl (C=O) groups excluding carboxylic acids is 1. The van der Waals surface area contributed by atoms with Crippen LogP contribution in [0.4, 0.5) is 0 Å². The van der Waals surface area contributed by atoms with Crippen LogP contribution in [0, 0.1) is 5.92 Å². The average Bonchev–Trinajstić information content (AvgIpc) is 3.11. The van der Waals surface area contributed by atoms with E-state index >= 15 is 0 Å². The Labute approximate surface area is 108 Å². The van der Waals surface area contributed by atoms with Crippen LogP contribution in [0.25, 0.3) is 0 Å². The average molecular weight is 244 g/mol. The minimum atomic E-state index is 0.276. The van der Waals surface area contributed by atoms with E-state index in [9.17, 15) is 4.79 Å². The number of nitrogens with one attached hydrogen (secondary N) is 1. The van der Waals surface area contributed by atoms with Crippen molar-refractivity contribution in [3.05, 3.63) is 36.2 Å². The summed E-state index contributed by atoms with van der Waals surface area (Å²) < 4.78 is 0. The third-order valence-corrected chi connectivity index (χ3v) is 4.10. The summed E-state index contributed by atoms with van der Waals surface area (Å²) in [5.74, 6) is 0.797. The predicted molar refractivity (Wildman–Crippen MR) is 71.0 cm³/mol. The van der Waals surface area contributed by atoms with Gasteiger partial charge in [0.2, 0.25) is 5.91 Å². The molecule has 2 aliphatic rings. The van der Waals surface area contributed by atoms with E-state index in [1.807, 2.05) is 12.3 Å². The van der Waals surface area contributed by atoms with Crippen LogP contribution < -0.4 is 0 Å². The van der Waals surface area contributed by atoms with E-state index in [2.05, 4.69) is 28.1 Å². The fourth-order valence-electron chi connectivity index (χ4n) is 3.15. The first-order chi connectivity index (χ1) is 8.84. The Hall–Kier alpha value is -1.51. The van der Waals surface area contributed by atoms with E-state index in [0.29, 0.717) is 18.2 Å². The summed E-state index contributed by atoms with van der Waals surface area (Å²) in [5.41, 5.74) is 1.18. The first-order valence-corrected chi connectivity index (χ1v) is 6.94. The molecule has 3 nitrogen and oxygen atoms in total. The van der Waals surface area contributed by atoms with E-state index in [-0.39, 0.29) is 6.04 Å². The van der Waals surface area contributed by atoms with Crippen LogP contribution >= 0.6 is 0 Å². The van der Waals surface area contributed by atoms with E-state index < -0.39 is 0 Å². The first-order valence-electron chi connectivity index (χ1n) is 6.94. The quantitative estimate of drug-likeness (QED) is 0.815. The highest BCUT2D eigenvalue weighted by Gasteiger charge is 2.31. The van der Waals surface area contributed by atoms with Crippen molar-refractivity contribution in [3.8, 4) is 0 Å². The molecule has 18 heavy (non-hydrogen) atoms. The Morgan fingerprint density at radius 2 is 2.39 bits per heavy atom. The number of aromatic amines is 1. The molecule has 2 heterocycles. The van der Waals surface area contributed by atoms with Crippen LogP contribution in [0.2, 0.25) is 0 Å². The fourth-order valence-corrected chi connectivity index (χ4v) is 3.15. The molecule has 0 bridgehead atoms. The number of allylic oxidation sites excluding steroid dienone is 2. The minimum absolute atomic E-state index is 0.276. The number of hydrogen-bond donors (Lipinski definition) is 1. The molecule has 1 aliphatic carbocycles. The highest BCUT2D eigenvalue weighted by molar-refractivity contribution is 5.77. The lowest BCUT2D eigenvalue weighted by Crippen LogP contribution is -2.31.